The summed E-state index contributed by atoms with van der Waals surface area (Å²) in [6.45, 7) is 0. The molecule has 0 spiro atoms. The first-order chi connectivity index (χ1) is 4.24. The van der Waals surface area contributed by atoms with Crippen molar-refractivity contribution in [3.8, 4) is 0 Å². The molecule has 5 heteroatoms. The lowest BCUT2D eigenvalue weighted by atomic mass is 11.0. The van der Waals surface area contributed by atoms with Crippen molar-refractivity contribution >= 4 is 11.9 Å². The zero-order valence-electron chi connectivity index (χ0n) is 5.42. The van der Waals surface area contributed by atoms with Gasteiger partial charge in [0.15, 0.2) is 0 Å². The largest absolute Gasteiger partial charge is 0.368 e. The Bertz CT molecular complexity index is 183. The van der Waals surface area contributed by atoms with E-state index in [1.165, 1.54) is 4.68 Å². The van der Waals surface area contributed by atoms with Crippen LogP contribution in [0.3, 0.4) is 0 Å². The van der Waals surface area contributed by atoms with Crippen molar-refractivity contribution in [2.75, 3.05) is 18.1 Å². The van der Waals surface area contributed by atoms with Gasteiger partial charge in [0.1, 0.15) is 0 Å². The summed E-state index contributed by atoms with van der Waals surface area (Å²) in [5.74, 6) is 0.967. The second kappa shape index (κ2) is 1.93. The molecule has 0 atom stereocenters. The number of nitrogens with one attached hydrogen (secondary N) is 1. The molecule has 0 fully saturated rings. The average molecular weight is 127 g/mol. The second-order valence-corrected chi connectivity index (χ2v) is 1.67. The van der Waals surface area contributed by atoms with Crippen LogP contribution in [0.1, 0.15) is 0 Å². The predicted octanol–water partition coefficient (Wildman–Crippen LogP) is -0.561. The summed E-state index contributed by atoms with van der Waals surface area (Å²) in [4.78, 5) is 3.85. The minimum atomic E-state index is 0.416. The number of aromatic nitrogens is 3. The Morgan fingerprint density at radius 1 is 1.67 bits per heavy atom. The van der Waals surface area contributed by atoms with E-state index in [2.05, 4.69) is 15.4 Å². The van der Waals surface area contributed by atoms with E-state index in [0.29, 0.717) is 11.9 Å². The summed E-state index contributed by atoms with van der Waals surface area (Å²) in [5.41, 5.74) is 5.37. The minimum absolute atomic E-state index is 0.416. The molecule has 1 aromatic heterocycles. The third-order valence-electron chi connectivity index (χ3n) is 1.02. The molecule has 0 unspecified atom stereocenters. The molecule has 50 valence electrons. The van der Waals surface area contributed by atoms with Crippen LogP contribution in [0.4, 0.5) is 11.9 Å². The number of hydrogen-bond acceptors (Lipinski definition) is 4. The molecule has 9 heavy (non-hydrogen) atoms. The van der Waals surface area contributed by atoms with Crippen molar-refractivity contribution < 1.29 is 0 Å². The molecule has 0 saturated carbocycles. The van der Waals surface area contributed by atoms with Crippen molar-refractivity contribution in [3.05, 3.63) is 0 Å². The van der Waals surface area contributed by atoms with Crippen molar-refractivity contribution in [2.45, 2.75) is 0 Å². The third-order valence-corrected chi connectivity index (χ3v) is 1.02. The standard InChI is InChI=1S/C4H9N5/c1-6-4-7-3(5)9(2)8-4/h1-2H3,(H3,5,6,7,8). The van der Waals surface area contributed by atoms with E-state index in [-0.39, 0.29) is 0 Å². The van der Waals surface area contributed by atoms with Gasteiger partial charge in [0.2, 0.25) is 11.9 Å². The summed E-state index contributed by atoms with van der Waals surface area (Å²) < 4.78 is 1.51. The van der Waals surface area contributed by atoms with E-state index in [0.717, 1.165) is 0 Å². The Morgan fingerprint density at radius 2 is 2.33 bits per heavy atom. The summed E-state index contributed by atoms with van der Waals surface area (Å²) in [5, 5.41) is 6.66. The SMILES string of the molecule is CNc1nc(N)n(C)n1. The molecule has 0 aliphatic rings. The fourth-order valence-corrected chi connectivity index (χ4v) is 0.502. The number of anilines is 2. The van der Waals surface area contributed by atoms with Crippen molar-refractivity contribution in [2.24, 2.45) is 7.05 Å². The summed E-state index contributed by atoms with van der Waals surface area (Å²) in [6.07, 6.45) is 0. The van der Waals surface area contributed by atoms with Gasteiger partial charge in [-0.15, -0.1) is 5.10 Å². The minimum Gasteiger partial charge on any atom is -0.368 e. The van der Waals surface area contributed by atoms with Gasteiger partial charge in [0.05, 0.1) is 0 Å². The lowest BCUT2D eigenvalue weighted by molar-refractivity contribution is 0.780. The van der Waals surface area contributed by atoms with Gasteiger partial charge >= 0.3 is 0 Å². The van der Waals surface area contributed by atoms with Gasteiger partial charge < -0.3 is 11.1 Å². The van der Waals surface area contributed by atoms with Gasteiger partial charge in [-0.3, -0.25) is 0 Å². The monoisotopic (exact) mass is 127 g/mol. The molecule has 1 heterocycles. The molecule has 1 aromatic rings. The molecule has 0 aliphatic heterocycles. The molecule has 0 radical (unpaired) electrons. The molecule has 3 N–H and O–H groups in total. The van der Waals surface area contributed by atoms with Crippen LogP contribution in [-0.4, -0.2) is 21.8 Å². The molecule has 0 aromatic carbocycles. The highest BCUT2D eigenvalue weighted by atomic mass is 15.4. The van der Waals surface area contributed by atoms with E-state index >= 15 is 0 Å². The number of nitrogens with two attached hydrogens (primary N) is 1. The van der Waals surface area contributed by atoms with Gasteiger partial charge in [-0.05, 0) is 0 Å². The van der Waals surface area contributed by atoms with Crippen LogP contribution >= 0.6 is 0 Å². The maximum atomic E-state index is 5.37. The van der Waals surface area contributed by atoms with E-state index in [4.69, 9.17) is 5.73 Å². The van der Waals surface area contributed by atoms with E-state index in [1.54, 1.807) is 14.1 Å². The first-order valence-electron chi connectivity index (χ1n) is 2.58. The van der Waals surface area contributed by atoms with Crippen molar-refractivity contribution in [1.82, 2.24) is 14.8 Å². The Hall–Kier alpha value is -1.26. The highest BCUT2D eigenvalue weighted by molar-refractivity contribution is 5.29. The molecule has 0 aliphatic carbocycles. The first kappa shape index (κ1) is 5.87. The highest BCUT2D eigenvalue weighted by Crippen LogP contribution is 1.99. The van der Waals surface area contributed by atoms with Crippen LogP contribution in [0.25, 0.3) is 0 Å². The zero-order chi connectivity index (χ0) is 6.85. The number of rotatable bonds is 1. The Balaban J connectivity index is 2.98. The van der Waals surface area contributed by atoms with Crippen LogP contribution in [-0.2, 0) is 7.05 Å². The maximum Gasteiger partial charge on any atom is 0.243 e. The van der Waals surface area contributed by atoms with Crippen LogP contribution in [0.5, 0.6) is 0 Å². The lowest BCUT2D eigenvalue weighted by Gasteiger charge is -1.85. The Kier molecular flexibility index (Phi) is 1.26. The van der Waals surface area contributed by atoms with E-state index in [9.17, 15) is 0 Å². The fourth-order valence-electron chi connectivity index (χ4n) is 0.502. The van der Waals surface area contributed by atoms with Gasteiger partial charge in [-0.25, -0.2) is 4.68 Å². The highest BCUT2D eigenvalue weighted by Gasteiger charge is 1.97. The van der Waals surface area contributed by atoms with Crippen LogP contribution < -0.4 is 11.1 Å². The number of hydrogen-bond donors (Lipinski definition) is 2. The Morgan fingerprint density at radius 3 is 2.56 bits per heavy atom. The normalized spacial score (nSPS) is 9.56. The van der Waals surface area contributed by atoms with Gasteiger partial charge in [-0.2, -0.15) is 4.98 Å². The molecule has 1 rings (SSSR count). The van der Waals surface area contributed by atoms with Gasteiger partial charge in [0.25, 0.3) is 0 Å². The van der Waals surface area contributed by atoms with Crippen LogP contribution in [0.2, 0.25) is 0 Å². The number of aryl methyl sites for hydroxylation is 1. The average Bonchev–Trinajstić information content (AvgIpc) is 2.13. The molecule has 0 saturated heterocycles. The van der Waals surface area contributed by atoms with E-state index < -0.39 is 0 Å². The summed E-state index contributed by atoms with van der Waals surface area (Å²) in [7, 11) is 3.48. The third kappa shape index (κ3) is 0.933. The van der Waals surface area contributed by atoms with Crippen LogP contribution in [0, 0.1) is 0 Å². The van der Waals surface area contributed by atoms with Crippen molar-refractivity contribution in [3.63, 3.8) is 0 Å². The molecule has 0 bridgehead atoms. The molecular weight excluding hydrogens is 118 g/mol. The van der Waals surface area contributed by atoms with Crippen molar-refractivity contribution in [1.29, 1.82) is 0 Å². The van der Waals surface area contributed by atoms with Gasteiger partial charge in [-0.1, -0.05) is 0 Å². The predicted molar refractivity (Wildman–Crippen MR) is 35.0 cm³/mol. The second-order valence-electron chi connectivity index (χ2n) is 1.67. The van der Waals surface area contributed by atoms with Gasteiger partial charge in [0, 0.05) is 14.1 Å². The lowest BCUT2D eigenvalue weighted by Crippen LogP contribution is -1.97. The topological polar surface area (TPSA) is 68.8 Å². The molecular formula is C4H9N5. The quantitative estimate of drug-likeness (QED) is 0.530. The summed E-state index contributed by atoms with van der Waals surface area (Å²) in [6, 6.07) is 0. The number of nitrogens with zero attached hydrogens (tertiary/aromatic N) is 3. The molecule has 5 nitrogen and oxygen atoms in total. The van der Waals surface area contributed by atoms with Crippen LogP contribution in [0.15, 0.2) is 0 Å². The number of nitrogen functional groups attached to an aromatic ring is 1. The maximum absolute atomic E-state index is 5.37. The fraction of sp³-hybridized carbons (Fsp3) is 0.500. The van der Waals surface area contributed by atoms with E-state index in [1.807, 2.05) is 0 Å². The molecule has 0 amide bonds. The smallest absolute Gasteiger partial charge is 0.243 e. The Labute approximate surface area is 52.9 Å². The zero-order valence-corrected chi connectivity index (χ0v) is 5.42. The summed E-state index contributed by atoms with van der Waals surface area (Å²) >= 11 is 0. The first-order valence-corrected chi connectivity index (χ1v) is 2.58.